The van der Waals surface area contributed by atoms with E-state index in [1.54, 1.807) is 7.05 Å². The van der Waals surface area contributed by atoms with Gasteiger partial charge in [0.05, 0.1) is 25.0 Å². The lowest BCUT2D eigenvalue weighted by atomic mass is 10.2. The van der Waals surface area contributed by atoms with Gasteiger partial charge in [0.1, 0.15) is 11.5 Å². The predicted octanol–water partition coefficient (Wildman–Crippen LogP) is 3.94. The largest absolute Gasteiger partial charge is 0.356 e. The van der Waals surface area contributed by atoms with Crippen LogP contribution in [0.5, 0.6) is 0 Å². The molecule has 0 atom stereocenters. The number of aliphatic imine (C=N–C) groups is 1. The number of nitrogens with zero attached hydrogens (tertiary/aromatic N) is 4. The van der Waals surface area contributed by atoms with Crippen molar-refractivity contribution in [1.29, 1.82) is 0 Å². The molecule has 0 aliphatic rings. The van der Waals surface area contributed by atoms with Crippen molar-refractivity contribution in [3.05, 3.63) is 84.4 Å². The van der Waals surface area contributed by atoms with Crippen LogP contribution in [0.15, 0.2) is 82.4 Å². The third-order valence-corrected chi connectivity index (χ3v) is 4.72. The Morgan fingerprint density at radius 3 is 2.47 bits per heavy atom. The fourth-order valence-corrected chi connectivity index (χ4v) is 3.19. The van der Waals surface area contributed by atoms with E-state index in [1.807, 2.05) is 72.7 Å². The molecule has 0 aliphatic heterocycles. The predicted molar refractivity (Wildman–Crippen MR) is 118 cm³/mol. The number of aromatic nitrogens is 3. The Morgan fingerprint density at radius 1 is 1.07 bits per heavy atom. The van der Waals surface area contributed by atoms with E-state index in [1.165, 1.54) is 0 Å². The first kappa shape index (κ1) is 19.4. The molecule has 2 aromatic heterocycles. The van der Waals surface area contributed by atoms with Crippen LogP contribution in [0.1, 0.15) is 11.5 Å². The summed E-state index contributed by atoms with van der Waals surface area (Å²) >= 11 is 0. The van der Waals surface area contributed by atoms with E-state index < -0.39 is 0 Å². The van der Waals surface area contributed by atoms with Crippen LogP contribution in [0.2, 0.25) is 0 Å². The van der Waals surface area contributed by atoms with Gasteiger partial charge in [-0.15, -0.1) is 0 Å². The fourth-order valence-electron chi connectivity index (χ4n) is 3.19. The van der Waals surface area contributed by atoms with E-state index in [2.05, 4.69) is 37.6 Å². The molecule has 0 spiro atoms. The zero-order valence-corrected chi connectivity index (χ0v) is 17.0. The van der Waals surface area contributed by atoms with Gasteiger partial charge in [-0.3, -0.25) is 4.99 Å². The third-order valence-electron chi connectivity index (χ3n) is 4.72. The molecule has 7 heteroatoms. The van der Waals surface area contributed by atoms with Gasteiger partial charge in [0.25, 0.3) is 0 Å². The first-order chi connectivity index (χ1) is 14.7. The number of guanidine groups is 1. The maximum Gasteiger partial charge on any atom is 0.194 e. The SMILES string of the molecule is CN=C(NCc1cc(-c2ccccc2)on1)N(C)Cc1ncc(-c2ccccc2)[nH]1. The Morgan fingerprint density at radius 2 is 1.77 bits per heavy atom. The normalized spacial score (nSPS) is 11.5. The molecule has 0 fully saturated rings. The molecule has 0 saturated heterocycles. The van der Waals surface area contributed by atoms with Crippen LogP contribution < -0.4 is 5.32 Å². The maximum absolute atomic E-state index is 5.46. The first-order valence-electron chi connectivity index (χ1n) is 9.75. The summed E-state index contributed by atoms with van der Waals surface area (Å²) in [4.78, 5) is 14.2. The number of hydrogen-bond donors (Lipinski definition) is 2. The van der Waals surface area contributed by atoms with Crippen LogP contribution in [0.3, 0.4) is 0 Å². The zero-order chi connectivity index (χ0) is 20.8. The van der Waals surface area contributed by atoms with Crippen molar-refractivity contribution in [2.75, 3.05) is 14.1 Å². The van der Waals surface area contributed by atoms with Gasteiger partial charge in [-0.1, -0.05) is 65.8 Å². The first-order valence-corrected chi connectivity index (χ1v) is 9.75. The van der Waals surface area contributed by atoms with E-state index in [4.69, 9.17) is 4.52 Å². The highest BCUT2D eigenvalue weighted by molar-refractivity contribution is 5.79. The standard InChI is InChI=1S/C23H24N6O/c1-24-23(26-14-19-13-21(30-28-19)18-11-7-4-8-12-18)29(2)16-22-25-15-20(27-22)17-9-5-3-6-10-17/h3-13,15H,14,16H2,1-2H3,(H,24,26)(H,25,27). The summed E-state index contributed by atoms with van der Waals surface area (Å²) in [7, 11) is 3.73. The van der Waals surface area contributed by atoms with E-state index >= 15 is 0 Å². The molecule has 30 heavy (non-hydrogen) atoms. The summed E-state index contributed by atoms with van der Waals surface area (Å²) in [6, 6.07) is 22.0. The number of imidazole rings is 1. The van der Waals surface area contributed by atoms with Crippen molar-refractivity contribution >= 4 is 5.96 Å². The lowest BCUT2D eigenvalue weighted by Crippen LogP contribution is -2.38. The van der Waals surface area contributed by atoms with Gasteiger partial charge < -0.3 is 19.7 Å². The highest BCUT2D eigenvalue weighted by atomic mass is 16.5. The quantitative estimate of drug-likeness (QED) is 0.378. The highest BCUT2D eigenvalue weighted by Gasteiger charge is 2.12. The zero-order valence-electron chi connectivity index (χ0n) is 17.0. The fraction of sp³-hybridized carbons (Fsp3) is 0.174. The van der Waals surface area contributed by atoms with Gasteiger partial charge in [0.2, 0.25) is 0 Å². The molecule has 4 rings (SSSR count). The summed E-state index contributed by atoms with van der Waals surface area (Å²) < 4.78 is 5.46. The molecule has 4 aromatic rings. The van der Waals surface area contributed by atoms with Gasteiger partial charge in [0, 0.05) is 25.7 Å². The molecule has 0 unspecified atom stereocenters. The van der Waals surface area contributed by atoms with Crippen molar-refractivity contribution in [3.63, 3.8) is 0 Å². The molecule has 152 valence electrons. The molecular formula is C23H24N6O. The van der Waals surface area contributed by atoms with Crippen LogP contribution >= 0.6 is 0 Å². The van der Waals surface area contributed by atoms with Crippen LogP contribution in [0.25, 0.3) is 22.6 Å². The second-order valence-corrected chi connectivity index (χ2v) is 6.91. The van der Waals surface area contributed by atoms with Crippen LogP contribution in [0, 0.1) is 0 Å². The molecule has 0 bridgehead atoms. The van der Waals surface area contributed by atoms with Gasteiger partial charge >= 0.3 is 0 Å². The van der Waals surface area contributed by atoms with Gasteiger partial charge in [0.15, 0.2) is 11.7 Å². The smallest absolute Gasteiger partial charge is 0.194 e. The average molecular weight is 400 g/mol. The summed E-state index contributed by atoms with van der Waals surface area (Å²) in [6.45, 7) is 1.11. The van der Waals surface area contributed by atoms with Crippen molar-refractivity contribution in [1.82, 2.24) is 25.3 Å². The third kappa shape index (κ3) is 4.57. The summed E-state index contributed by atoms with van der Waals surface area (Å²) in [6.07, 6.45) is 1.86. The monoisotopic (exact) mass is 400 g/mol. The molecule has 0 saturated carbocycles. The van der Waals surface area contributed by atoms with E-state index in [0.29, 0.717) is 13.1 Å². The number of nitrogens with one attached hydrogen (secondary N) is 2. The molecular weight excluding hydrogens is 376 g/mol. The molecule has 2 aromatic carbocycles. The molecule has 2 N–H and O–H groups in total. The minimum Gasteiger partial charge on any atom is -0.356 e. The lowest BCUT2D eigenvalue weighted by molar-refractivity contribution is 0.419. The number of H-pyrrole nitrogens is 1. The Bertz CT molecular complexity index is 1100. The Hall–Kier alpha value is -3.87. The Kier molecular flexibility index (Phi) is 5.89. The summed E-state index contributed by atoms with van der Waals surface area (Å²) in [5.74, 6) is 2.36. The number of rotatable bonds is 6. The molecule has 0 radical (unpaired) electrons. The van der Waals surface area contributed by atoms with Crippen LogP contribution in [0.4, 0.5) is 0 Å². The van der Waals surface area contributed by atoms with Crippen molar-refractivity contribution in [2.45, 2.75) is 13.1 Å². The second-order valence-electron chi connectivity index (χ2n) is 6.91. The van der Waals surface area contributed by atoms with Crippen molar-refractivity contribution < 1.29 is 4.52 Å². The second kappa shape index (κ2) is 9.09. The minimum atomic E-state index is 0.515. The van der Waals surface area contributed by atoms with E-state index in [-0.39, 0.29) is 0 Å². The van der Waals surface area contributed by atoms with Gasteiger partial charge in [-0.2, -0.15) is 0 Å². The van der Waals surface area contributed by atoms with Crippen LogP contribution in [-0.2, 0) is 13.1 Å². The van der Waals surface area contributed by atoms with E-state index in [0.717, 1.165) is 40.1 Å². The molecule has 0 aliphatic carbocycles. The van der Waals surface area contributed by atoms with E-state index in [9.17, 15) is 0 Å². The van der Waals surface area contributed by atoms with Crippen molar-refractivity contribution in [3.8, 4) is 22.6 Å². The van der Waals surface area contributed by atoms with Crippen LogP contribution in [-0.4, -0.2) is 40.1 Å². The Balaban J connectivity index is 1.35. The average Bonchev–Trinajstić information content (AvgIpc) is 3.45. The minimum absolute atomic E-state index is 0.515. The summed E-state index contributed by atoms with van der Waals surface area (Å²) in [5.41, 5.74) is 3.93. The van der Waals surface area contributed by atoms with Gasteiger partial charge in [-0.05, 0) is 5.56 Å². The topological polar surface area (TPSA) is 82.3 Å². The number of aromatic amines is 1. The molecule has 2 heterocycles. The van der Waals surface area contributed by atoms with Crippen molar-refractivity contribution in [2.24, 2.45) is 4.99 Å². The van der Waals surface area contributed by atoms with Gasteiger partial charge in [-0.25, -0.2) is 4.98 Å². The lowest BCUT2D eigenvalue weighted by Gasteiger charge is -2.20. The number of hydrogen-bond acceptors (Lipinski definition) is 4. The Labute approximate surface area is 175 Å². The maximum atomic E-state index is 5.46. The molecule has 7 nitrogen and oxygen atoms in total. The highest BCUT2D eigenvalue weighted by Crippen LogP contribution is 2.20. The summed E-state index contributed by atoms with van der Waals surface area (Å²) in [5, 5.41) is 7.47. The molecule has 0 amide bonds. The number of benzene rings is 2.